The van der Waals surface area contributed by atoms with Gasteiger partial charge in [0.15, 0.2) is 0 Å². The minimum atomic E-state index is 0.245. The third kappa shape index (κ3) is 0.882. The highest BCUT2D eigenvalue weighted by molar-refractivity contribution is 5.07. The molecule has 0 aromatic carbocycles. The van der Waals surface area contributed by atoms with Crippen LogP contribution in [0.25, 0.3) is 0 Å². The Kier molecular flexibility index (Phi) is 1.74. The Morgan fingerprint density at radius 3 is 2.50 bits per heavy atom. The second kappa shape index (κ2) is 2.46. The van der Waals surface area contributed by atoms with E-state index in [0.717, 1.165) is 12.3 Å². The molecule has 3 aliphatic carbocycles. The normalized spacial score (nSPS) is 50.0. The summed E-state index contributed by atoms with van der Waals surface area (Å²) in [5.74, 6) is 1.86. The molecule has 0 unspecified atom stereocenters. The van der Waals surface area contributed by atoms with Crippen LogP contribution in [0, 0.1) is 23.2 Å². The first kappa shape index (κ1) is 8.52. The Labute approximate surface area is 74.1 Å². The van der Waals surface area contributed by atoms with E-state index in [-0.39, 0.29) is 12.6 Å². The Bertz CT molecular complexity index is 190. The first-order valence-corrected chi connectivity index (χ1v) is 4.93. The van der Waals surface area contributed by atoms with E-state index in [2.05, 4.69) is 13.8 Å². The lowest BCUT2D eigenvalue weighted by Gasteiger charge is -2.61. The quantitative estimate of drug-likeness (QED) is 0.615. The number of hydrogen-bond acceptors (Lipinski definition) is 2. The maximum absolute atomic E-state index is 9.09. The molecule has 0 heterocycles. The number of fused-ring (bicyclic) bond motifs is 2. The minimum absolute atomic E-state index is 0.245. The summed E-state index contributed by atoms with van der Waals surface area (Å²) >= 11 is 0. The summed E-state index contributed by atoms with van der Waals surface area (Å²) in [4.78, 5) is 0. The predicted molar refractivity (Wildman–Crippen MR) is 48.5 cm³/mol. The number of hydrogen-bond donors (Lipinski definition) is 2. The molecule has 2 heteroatoms. The lowest BCUT2D eigenvalue weighted by Crippen LogP contribution is -2.61. The summed E-state index contributed by atoms with van der Waals surface area (Å²) in [6.45, 7) is 4.92. The van der Waals surface area contributed by atoms with E-state index in [1.165, 1.54) is 6.42 Å². The monoisotopic (exact) mass is 169 g/mol. The van der Waals surface area contributed by atoms with Gasteiger partial charge in [0.05, 0.1) is 0 Å². The van der Waals surface area contributed by atoms with E-state index in [0.29, 0.717) is 17.3 Å². The van der Waals surface area contributed by atoms with Gasteiger partial charge in [0.25, 0.3) is 0 Å². The average Bonchev–Trinajstić information content (AvgIpc) is 2.03. The molecule has 0 aromatic heterocycles. The highest BCUT2D eigenvalue weighted by Crippen LogP contribution is 2.59. The van der Waals surface area contributed by atoms with Crippen molar-refractivity contribution in [1.82, 2.24) is 0 Å². The van der Waals surface area contributed by atoms with Gasteiger partial charge in [-0.2, -0.15) is 0 Å². The highest BCUT2D eigenvalue weighted by Gasteiger charge is 2.56. The Morgan fingerprint density at radius 2 is 2.08 bits per heavy atom. The van der Waals surface area contributed by atoms with Crippen molar-refractivity contribution in [3.05, 3.63) is 0 Å². The van der Waals surface area contributed by atoms with Crippen LogP contribution >= 0.6 is 0 Å². The molecule has 3 saturated carbocycles. The Balaban J connectivity index is 2.11. The maximum atomic E-state index is 9.09. The maximum Gasteiger partial charge on any atom is 0.0474 e. The zero-order valence-corrected chi connectivity index (χ0v) is 7.96. The number of aliphatic hydroxyl groups excluding tert-OH is 1. The first-order chi connectivity index (χ1) is 5.57. The summed E-state index contributed by atoms with van der Waals surface area (Å²) in [5.41, 5.74) is 6.54. The van der Waals surface area contributed by atoms with Gasteiger partial charge < -0.3 is 10.8 Å². The van der Waals surface area contributed by atoms with Gasteiger partial charge in [0, 0.05) is 12.6 Å². The lowest BCUT2D eigenvalue weighted by atomic mass is 9.45. The molecule has 0 spiro atoms. The molecule has 0 radical (unpaired) electrons. The zero-order chi connectivity index (χ0) is 8.93. The molecule has 2 nitrogen and oxygen atoms in total. The topological polar surface area (TPSA) is 46.2 Å². The Hall–Kier alpha value is -0.0800. The van der Waals surface area contributed by atoms with Crippen LogP contribution < -0.4 is 5.73 Å². The van der Waals surface area contributed by atoms with Crippen molar-refractivity contribution in [2.75, 3.05) is 6.61 Å². The van der Waals surface area contributed by atoms with Crippen molar-refractivity contribution in [3.63, 3.8) is 0 Å². The summed E-state index contributed by atoms with van der Waals surface area (Å²) < 4.78 is 0. The number of aliphatic hydroxyl groups is 1. The second-order valence-corrected chi connectivity index (χ2v) is 5.12. The molecule has 12 heavy (non-hydrogen) atoms. The fourth-order valence-corrected chi connectivity index (χ4v) is 3.16. The lowest BCUT2D eigenvalue weighted by molar-refractivity contribution is -0.113. The fourth-order valence-electron chi connectivity index (χ4n) is 3.16. The highest BCUT2D eigenvalue weighted by atomic mass is 16.3. The summed E-state index contributed by atoms with van der Waals surface area (Å²) in [5, 5.41) is 9.09. The van der Waals surface area contributed by atoms with Gasteiger partial charge in [0.2, 0.25) is 0 Å². The minimum Gasteiger partial charge on any atom is -0.396 e. The summed E-state index contributed by atoms with van der Waals surface area (Å²) in [7, 11) is 0. The third-order valence-corrected chi connectivity index (χ3v) is 4.38. The van der Waals surface area contributed by atoms with Crippen LogP contribution in [0.1, 0.15) is 26.7 Å². The molecule has 0 aromatic rings. The van der Waals surface area contributed by atoms with Gasteiger partial charge in [-0.3, -0.25) is 0 Å². The molecular weight excluding hydrogens is 150 g/mol. The molecule has 0 aliphatic heterocycles. The van der Waals surface area contributed by atoms with Gasteiger partial charge in [0.1, 0.15) is 0 Å². The number of nitrogens with two attached hydrogens (primary N) is 1. The van der Waals surface area contributed by atoms with Crippen molar-refractivity contribution in [3.8, 4) is 0 Å². The molecule has 2 bridgehead atoms. The van der Waals surface area contributed by atoms with Crippen LogP contribution in [0.3, 0.4) is 0 Å². The van der Waals surface area contributed by atoms with Crippen LogP contribution in [-0.4, -0.2) is 17.8 Å². The van der Waals surface area contributed by atoms with Gasteiger partial charge in [-0.25, -0.2) is 0 Å². The number of rotatable bonds is 1. The molecule has 4 atom stereocenters. The van der Waals surface area contributed by atoms with E-state index in [1.807, 2.05) is 0 Å². The molecule has 3 N–H and O–H groups in total. The van der Waals surface area contributed by atoms with Crippen LogP contribution in [0.4, 0.5) is 0 Å². The molecule has 3 fully saturated rings. The van der Waals surface area contributed by atoms with E-state index < -0.39 is 0 Å². The van der Waals surface area contributed by atoms with Gasteiger partial charge >= 0.3 is 0 Å². The smallest absolute Gasteiger partial charge is 0.0474 e. The molecular formula is C10H19NO. The van der Waals surface area contributed by atoms with E-state index >= 15 is 0 Å². The Morgan fingerprint density at radius 1 is 1.42 bits per heavy atom. The zero-order valence-electron chi connectivity index (χ0n) is 7.96. The third-order valence-electron chi connectivity index (χ3n) is 4.38. The van der Waals surface area contributed by atoms with Crippen LogP contribution in [0.5, 0.6) is 0 Å². The second-order valence-electron chi connectivity index (χ2n) is 5.12. The fraction of sp³-hybridized carbons (Fsp3) is 1.00. The molecule has 0 amide bonds. The van der Waals surface area contributed by atoms with Crippen molar-refractivity contribution in [2.24, 2.45) is 28.9 Å². The molecule has 3 aliphatic rings. The van der Waals surface area contributed by atoms with Gasteiger partial charge in [-0.05, 0) is 36.0 Å². The van der Waals surface area contributed by atoms with E-state index in [4.69, 9.17) is 10.8 Å². The van der Waals surface area contributed by atoms with Gasteiger partial charge in [-0.15, -0.1) is 0 Å². The first-order valence-electron chi connectivity index (χ1n) is 4.93. The SMILES string of the molecule is CC1(C)[C@@H]2C[C@H](CO)[C@@H](N)[C@@H]1C2. The standard InChI is InChI=1S/C10H19NO/c1-10(2)7-3-6(5-12)9(11)8(10)4-7/h6-9,12H,3-5,11H2,1-2H3/t6-,7-,8+,9-/m1/s1. The average molecular weight is 169 g/mol. The van der Waals surface area contributed by atoms with E-state index in [9.17, 15) is 0 Å². The van der Waals surface area contributed by atoms with E-state index in [1.54, 1.807) is 0 Å². The van der Waals surface area contributed by atoms with Crippen LogP contribution in [0.2, 0.25) is 0 Å². The molecule has 3 rings (SSSR count). The molecule has 70 valence electrons. The van der Waals surface area contributed by atoms with Crippen LogP contribution in [-0.2, 0) is 0 Å². The van der Waals surface area contributed by atoms with Crippen molar-refractivity contribution < 1.29 is 5.11 Å². The van der Waals surface area contributed by atoms with Crippen molar-refractivity contribution in [2.45, 2.75) is 32.7 Å². The summed E-state index contributed by atoms with van der Waals surface area (Å²) in [6.07, 6.45) is 2.44. The van der Waals surface area contributed by atoms with Crippen molar-refractivity contribution in [1.29, 1.82) is 0 Å². The predicted octanol–water partition coefficient (Wildman–Crippen LogP) is 0.988. The largest absolute Gasteiger partial charge is 0.396 e. The molecule has 0 saturated heterocycles. The van der Waals surface area contributed by atoms with Crippen LogP contribution in [0.15, 0.2) is 0 Å². The van der Waals surface area contributed by atoms with Crippen molar-refractivity contribution >= 4 is 0 Å². The summed E-state index contributed by atoms with van der Waals surface area (Å²) in [6, 6.07) is 0.245. The van der Waals surface area contributed by atoms with Gasteiger partial charge in [-0.1, -0.05) is 13.8 Å².